The second kappa shape index (κ2) is 11.6. The van der Waals surface area contributed by atoms with Gasteiger partial charge >= 0.3 is 0 Å². The van der Waals surface area contributed by atoms with Crippen LogP contribution in [0, 0.1) is 0 Å². The van der Waals surface area contributed by atoms with Crippen LogP contribution in [0.2, 0.25) is 0 Å². The van der Waals surface area contributed by atoms with Crippen LogP contribution in [0.3, 0.4) is 0 Å². The Morgan fingerprint density at radius 1 is 1.14 bits per heavy atom. The Labute approximate surface area is 209 Å². The van der Waals surface area contributed by atoms with Gasteiger partial charge < -0.3 is 24.5 Å². The summed E-state index contributed by atoms with van der Waals surface area (Å²) in [7, 11) is 5.40. The first-order valence-corrected chi connectivity index (χ1v) is 11.8. The first kappa shape index (κ1) is 25.1. The Kier molecular flexibility index (Phi) is 8.06. The van der Waals surface area contributed by atoms with Crippen molar-refractivity contribution in [2.45, 2.75) is 18.9 Å². The van der Waals surface area contributed by atoms with Crippen molar-refractivity contribution in [1.82, 2.24) is 25.3 Å². The van der Waals surface area contributed by atoms with Crippen LogP contribution in [-0.4, -0.2) is 78.3 Å². The maximum absolute atomic E-state index is 13.5. The number of carbonyl (C=O) groups excluding carboxylic acids is 2. The van der Waals surface area contributed by atoms with Gasteiger partial charge in [0, 0.05) is 18.5 Å². The summed E-state index contributed by atoms with van der Waals surface area (Å²) in [4.78, 5) is 38.8. The van der Waals surface area contributed by atoms with Crippen LogP contribution in [0.4, 0.5) is 0 Å². The third kappa shape index (κ3) is 5.95. The molecule has 1 atom stereocenters. The molecule has 1 saturated heterocycles. The number of nitrogens with one attached hydrogen (secondary N) is 1. The molecular formula is C26H30N6O4. The van der Waals surface area contributed by atoms with E-state index in [4.69, 9.17) is 9.36 Å². The summed E-state index contributed by atoms with van der Waals surface area (Å²) in [5.74, 6) is -0.494. The minimum Gasteiger partial charge on any atom is -0.399 e. The summed E-state index contributed by atoms with van der Waals surface area (Å²) in [6.07, 6.45) is 1.17. The lowest BCUT2D eigenvalue weighted by Gasteiger charge is -2.21. The molecular weight excluding hydrogens is 460 g/mol. The zero-order valence-corrected chi connectivity index (χ0v) is 20.7. The first-order valence-electron chi connectivity index (χ1n) is 11.8. The number of carbonyl (C=O) groups is 2. The molecule has 0 bridgehead atoms. The summed E-state index contributed by atoms with van der Waals surface area (Å²) >= 11 is 0. The number of benzene rings is 2. The first-order chi connectivity index (χ1) is 17.5. The molecule has 1 N–H and O–H groups in total. The van der Waals surface area contributed by atoms with Gasteiger partial charge in [0.05, 0.1) is 12.3 Å². The lowest BCUT2D eigenvalue weighted by molar-refractivity contribution is 0.0713. The number of rotatable bonds is 9. The van der Waals surface area contributed by atoms with Gasteiger partial charge in [-0.05, 0) is 50.3 Å². The van der Waals surface area contributed by atoms with Gasteiger partial charge in [0.1, 0.15) is 13.2 Å². The van der Waals surface area contributed by atoms with Gasteiger partial charge in [-0.1, -0.05) is 52.8 Å². The fourth-order valence-electron chi connectivity index (χ4n) is 4.07. The Morgan fingerprint density at radius 2 is 1.86 bits per heavy atom. The fourth-order valence-corrected chi connectivity index (χ4v) is 4.07. The van der Waals surface area contributed by atoms with Crippen molar-refractivity contribution in [2.24, 2.45) is 5.16 Å². The number of oxime groups is 1. The predicted molar refractivity (Wildman–Crippen MR) is 135 cm³/mol. The SMILES string of the molecule is CO/N=C1/C[C@@H](c2nc(C(=O)NCCCN(C)C)no2)N(C(=O)c2ccc(-c3ccccc3)cc2)C1. The van der Waals surface area contributed by atoms with Crippen LogP contribution in [0.5, 0.6) is 0 Å². The summed E-state index contributed by atoms with van der Waals surface area (Å²) in [5, 5.41) is 10.7. The lowest BCUT2D eigenvalue weighted by Crippen LogP contribution is -2.31. The Morgan fingerprint density at radius 3 is 2.56 bits per heavy atom. The molecule has 10 heteroatoms. The highest BCUT2D eigenvalue weighted by atomic mass is 16.6. The van der Waals surface area contributed by atoms with Crippen molar-refractivity contribution in [3.05, 3.63) is 71.9 Å². The highest BCUT2D eigenvalue weighted by Gasteiger charge is 2.38. The highest BCUT2D eigenvalue weighted by Crippen LogP contribution is 2.32. The van der Waals surface area contributed by atoms with Crippen molar-refractivity contribution >= 4 is 17.5 Å². The molecule has 36 heavy (non-hydrogen) atoms. The minimum absolute atomic E-state index is 0.0633. The Balaban J connectivity index is 1.49. The molecule has 1 fully saturated rings. The molecule has 0 aliphatic carbocycles. The van der Waals surface area contributed by atoms with Gasteiger partial charge in [0.25, 0.3) is 17.6 Å². The second-order valence-electron chi connectivity index (χ2n) is 8.81. The Bertz CT molecular complexity index is 1210. The van der Waals surface area contributed by atoms with Crippen molar-refractivity contribution in [3.63, 3.8) is 0 Å². The van der Waals surface area contributed by atoms with Gasteiger partial charge in [-0.3, -0.25) is 9.59 Å². The quantitative estimate of drug-likeness (QED) is 0.362. The van der Waals surface area contributed by atoms with Gasteiger partial charge in [0.15, 0.2) is 0 Å². The number of likely N-dealkylation sites (tertiary alicyclic amines) is 1. The van der Waals surface area contributed by atoms with E-state index in [2.05, 4.69) is 20.6 Å². The molecule has 0 radical (unpaired) electrons. The highest BCUT2D eigenvalue weighted by molar-refractivity contribution is 6.00. The second-order valence-corrected chi connectivity index (χ2v) is 8.81. The van der Waals surface area contributed by atoms with E-state index in [0.29, 0.717) is 24.2 Å². The van der Waals surface area contributed by atoms with E-state index in [1.165, 1.54) is 7.11 Å². The third-order valence-electron chi connectivity index (χ3n) is 5.88. The van der Waals surface area contributed by atoms with E-state index in [-0.39, 0.29) is 24.2 Å². The van der Waals surface area contributed by atoms with E-state index in [1.54, 1.807) is 17.0 Å². The van der Waals surface area contributed by atoms with E-state index >= 15 is 0 Å². The standard InChI is InChI=1S/C26H30N6O4/c1-31(2)15-7-14-27-24(33)23-28-25(36-30-23)22-16-21(29-35-3)17-32(22)26(34)20-12-10-19(11-13-20)18-8-5-4-6-9-18/h4-6,8-13,22H,7,14-17H2,1-3H3,(H,27,33)/b29-21-/t22-/m0/s1. The third-order valence-corrected chi connectivity index (χ3v) is 5.88. The molecule has 2 aromatic carbocycles. The number of nitrogens with zero attached hydrogens (tertiary/aromatic N) is 5. The molecule has 1 aromatic heterocycles. The van der Waals surface area contributed by atoms with Crippen molar-refractivity contribution in [2.75, 3.05) is 40.8 Å². The lowest BCUT2D eigenvalue weighted by atomic mass is 10.0. The topological polar surface area (TPSA) is 113 Å². The predicted octanol–water partition coefficient (Wildman–Crippen LogP) is 3.01. The van der Waals surface area contributed by atoms with Crippen molar-refractivity contribution in [3.8, 4) is 11.1 Å². The van der Waals surface area contributed by atoms with Crippen LogP contribution in [0.15, 0.2) is 64.3 Å². The van der Waals surface area contributed by atoms with Crippen molar-refractivity contribution in [1.29, 1.82) is 0 Å². The normalized spacial score (nSPS) is 16.5. The summed E-state index contributed by atoms with van der Waals surface area (Å²) in [6, 6.07) is 16.8. The molecule has 0 spiro atoms. The average molecular weight is 491 g/mol. The number of hydrogen-bond acceptors (Lipinski definition) is 8. The number of amides is 2. The smallest absolute Gasteiger partial charge is 0.292 e. The number of aromatic nitrogens is 2. The molecule has 3 aromatic rings. The van der Waals surface area contributed by atoms with Crippen LogP contribution in [-0.2, 0) is 4.84 Å². The largest absolute Gasteiger partial charge is 0.399 e. The molecule has 0 unspecified atom stereocenters. The van der Waals surface area contributed by atoms with Crippen LogP contribution in [0.25, 0.3) is 11.1 Å². The molecule has 188 valence electrons. The maximum Gasteiger partial charge on any atom is 0.292 e. The monoisotopic (exact) mass is 490 g/mol. The van der Waals surface area contributed by atoms with Crippen LogP contribution < -0.4 is 5.32 Å². The van der Waals surface area contributed by atoms with Gasteiger partial charge in [-0.2, -0.15) is 4.98 Å². The molecule has 10 nitrogen and oxygen atoms in total. The van der Waals surface area contributed by atoms with E-state index in [9.17, 15) is 9.59 Å². The van der Waals surface area contributed by atoms with Gasteiger partial charge in [0.2, 0.25) is 5.89 Å². The number of hydrogen-bond donors (Lipinski definition) is 1. The average Bonchev–Trinajstić information content (AvgIpc) is 3.54. The van der Waals surface area contributed by atoms with E-state index in [1.807, 2.05) is 61.5 Å². The Hall–Kier alpha value is -4.05. The van der Waals surface area contributed by atoms with E-state index in [0.717, 1.165) is 24.1 Å². The molecule has 2 heterocycles. The zero-order chi connectivity index (χ0) is 25.5. The van der Waals surface area contributed by atoms with Gasteiger partial charge in [-0.25, -0.2) is 0 Å². The molecule has 4 rings (SSSR count). The molecule has 0 saturated carbocycles. The maximum atomic E-state index is 13.5. The van der Waals surface area contributed by atoms with Crippen LogP contribution >= 0.6 is 0 Å². The van der Waals surface area contributed by atoms with Gasteiger partial charge in [-0.15, -0.1) is 0 Å². The fraction of sp³-hybridized carbons (Fsp3) is 0.346. The summed E-state index contributed by atoms with van der Waals surface area (Å²) < 4.78 is 5.41. The van der Waals surface area contributed by atoms with Crippen LogP contribution in [0.1, 0.15) is 45.8 Å². The van der Waals surface area contributed by atoms with E-state index < -0.39 is 11.9 Å². The molecule has 2 amide bonds. The zero-order valence-electron chi connectivity index (χ0n) is 20.7. The van der Waals surface area contributed by atoms with Crippen molar-refractivity contribution < 1.29 is 18.9 Å². The minimum atomic E-state index is -0.553. The molecule has 1 aliphatic heterocycles. The molecule has 1 aliphatic rings. The summed E-state index contributed by atoms with van der Waals surface area (Å²) in [6.45, 7) is 1.61. The summed E-state index contributed by atoms with van der Waals surface area (Å²) in [5.41, 5.74) is 3.29.